The number of nitrogens with one attached hydrogen (secondary N) is 1. The summed E-state index contributed by atoms with van der Waals surface area (Å²) < 4.78 is 0. The van der Waals surface area contributed by atoms with Gasteiger partial charge in [0.2, 0.25) is 0 Å². The van der Waals surface area contributed by atoms with Gasteiger partial charge in [0.25, 0.3) is 0 Å². The molecule has 0 aliphatic carbocycles. The summed E-state index contributed by atoms with van der Waals surface area (Å²) in [4.78, 5) is 3.97. The Balaban J connectivity index is 2.76. The highest BCUT2D eigenvalue weighted by Crippen LogP contribution is 2.21. The zero-order chi connectivity index (χ0) is 10.6. The maximum Gasteiger partial charge on any atom is 0.0490 e. The fourth-order valence-electron chi connectivity index (χ4n) is 1.20. The van der Waals surface area contributed by atoms with Crippen LogP contribution in [0.25, 0.3) is 0 Å². The lowest BCUT2D eigenvalue weighted by Gasteiger charge is -2.34. The predicted molar refractivity (Wildman–Crippen MR) is 60.2 cm³/mol. The Morgan fingerprint density at radius 1 is 1.43 bits per heavy atom. The van der Waals surface area contributed by atoms with E-state index in [2.05, 4.69) is 31.1 Å². The normalized spacial score (nSPS) is 15.2. The van der Waals surface area contributed by atoms with Crippen LogP contribution in [0.4, 0.5) is 5.69 Å². The third kappa shape index (κ3) is 2.45. The second kappa shape index (κ2) is 4.42. The Bertz CT molecular complexity index is 271. The first-order chi connectivity index (χ1) is 6.58. The fraction of sp³-hybridized carbons (Fsp3) is 0.545. The molecule has 78 valence electrons. The van der Waals surface area contributed by atoms with Crippen molar-refractivity contribution in [1.82, 2.24) is 4.98 Å². The van der Waals surface area contributed by atoms with Gasteiger partial charge in [-0.2, -0.15) is 0 Å². The van der Waals surface area contributed by atoms with Crippen LogP contribution in [-0.4, -0.2) is 17.1 Å². The van der Waals surface area contributed by atoms with E-state index in [1.165, 1.54) is 0 Å². The summed E-state index contributed by atoms with van der Waals surface area (Å²) in [5.41, 5.74) is 6.79. The minimum absolute atomic E-state index is 0.0542. The van der Waals surface area contributed by atoms with Gasteiger partial charge in [0.05, 0.1) is 0 Å². The minimum Gasteiger partial charge on any atom is -0.378 e. The lowest BCUT2D eigenvalue weighted by Crippen LogP contribution is -2.47. The van der Waals surface area contributed by atoms with Crippen molar-refractivity contribution in [2.75, 3.05) is 11.9 Å². The zero-order valence-corrected chi connectivity index (χ0v) is 9.12. The Morgan fingerprint density at radius 2 is 2.00 bits per heavy atom. The van der Waals surface area contributed by atoms with Crippen LogP contribution < -0.4 is 11.1 Å². The van der Waals surface area contributed by atoms with Gasteiger partial charge in [0, 0.05) is 30.2 Å². The van der Waals surface area contributed by atoms with Crippen molar-refractivity contribution in [2.24, 2.45) is 11.7 Å². The van der Waals surface area contributed by atoms with Crippen molar-refractivity contribution in [2.45, 2.75) is 26.3 Å². The van der Waals surface area contributed by atoms with E-state index in [0.717, 1.165) is 5.69 Å². The maximum atomic E-state index is 5.78. The average molecular weight is 193 g/mol. The fourth-order valence-corrected chi connectivity index (χ4v) is 1.20. The average Bonchev–Trinajstić information content (AvgIpc) is 2.19. The van der Waals surface area contributed by atoms with E-state index in [1.54, 1.807) is 12.4 Å². The molecule has 0 aliphatic heterocycles. The predicted octanol–water partition coefficient (Wildman–Crippen LogP) is 1.87. The van der Waals surface area contributed by atoms with Crippen LogP contribution >= 0.6 is 0 Å². The molecule has 1 atom stereocenters. The van der Waals surface area contributed by atoms with Crippen molar-refractivity contribution in [3.8, 4) is 0 Å². The minimum atomic E-state index is -0.0542. The van der Waals surface area contributed by atoms with Crippen LogP contribution in [0.2, 0.25) is 0 Å². The molecule has 0 amide bonds. The molecule has 0 aromatic carbocycles. The standard InChI is InChI=1S/C11H19N3/c1-9(2)11(3,8-12)14-10-4-6-13-7-5-10/h4-7,9H,8,12H2,1-3H3,(H,13,14). The zero-order valence-electron chi connectivity index (χ0n) is 9.12. The van der Waals surface area contributed by atoms with Gasteiger partial charge in [-0.3, -0.25) is 4.98 Å². The molecule has 1 heterocycles. The van der Waals surface area contributed by atoms with E-state index in [4.69, 9.17) is 5.73 Å². The second-order valence-corrected chi connectivity index (χ2v) is 4.14. The third-order valence-corrected chi connectivity index (χ3v) is 2.81. The summed E-state index contributed by atoms with van der Waals surface area (Å²) in [5.74, 6) is 0.487. The molecular formula is C11H19N3. The second-order valence-electron chi connectivity index (χ2n) is 4.14. The van der Waals surface area contributed by atoms with Gasteiger partial charge in [0.1, 0.15) is 0 Å². The molecule has 1 aromatic heterocycles. The van der Waals surface area contributed by atoms with Crippen LogP contribution in [0.15, 0.2) is 24.5 Å². The maximum absolute atomic E-state index is 5.78. The molecular weight excluding hydrogens is 174 g/mol. The van der Waals surface area contributed by atoms with Crippen LogP contribution in [-0.2, 0) is 0 Å². The summed E-state index contributed by atoms with van der Waals surface area (Å²) in [6.07, 6.45) is 3.55. The van der Waals surface area contributed by atoms with Crippen LogP contribution in [0.1, 0.15) is 20.8 Å². The number of aromatic nitrogens is 1. The van der Waals surface area contributed by atoms with Crippen LogP contribution in [0, 0.1) is 5.92 Å². The van der Waals surface area contributed by atoms with E-state index in [9.17, 15) is 0 Å². The molecule has 0 radical (unpaired) electrons. The smallest absolute Gasteiger partial charge is 0.0490 e. The molecule has 0 fully saturated rings. The van der Waals surface area contributed by atoms with Gasteiger partial charge < -0.3 is 11.1 Å². The Hall–Kier alpha value is -1.09. The molecule has 3 nitrogen and oxygen atoms in total. The molecule has 0 saturated carbocycles. The first-order valence-corrected chi connectivity index (χ1v) is 4.97. The molecule has 1 aromatic rings. The quantitative estimate of drug-likeness (QED) is 0.767. The number of rotatable bonds is 4. The van der Waals surface area contributed by atoms with Crippen molar-refractivity contribution in [3.63, 3.8) is 0 Å². The molecule has 14 heavy (non-hydrogen) atoms. The molecule has 0 aliphatic rings. The summed E-state index contributed by atoms with van der Waals surface area (Å²) in [6, 6.07) is 3.91. The van der Waals surface area contributed by atoms with Gasteiger partial charge in [-0.1, -0.05) is 13.8 Å². The number of nitrogens with two attached hydrogens (primary N) is 1. The number of pyridine rings is 1. The molecule has 0 spiro atoms. The Morgan fingerprint density at radius 3 is 2.43 bits per heavy atom. The van der Waals surface area contributed by atoms with Crippen molar-refractivity contribution < 1.29 is 0 Å². The van der Waals surface area contributed by atoms with Crippen molar-refractivity contribution in [3.05, 3.63) is 24.5 Å². The SMILES string of the molecule is CC(C)C(C)(CN)Nc1ccncc1. The van der Waals surface area contributed by atoms with E-state index in [-0.39, 0.29) is 5.54 Å². The Kier molecular flexibility index (Phi) is 3.47. The Labute approximate surface area is 85.7 Å². The van der Waals surface area contributed by atoms with Gasteiger partial charge in [0.15, 0.2) is 0 Å². The number of anilines is 1. The number of hydrogen-bond acceptors (Lipinski definition) is 3. The lowest BCUT2D eigenvalue weighted by atomic mass is 9.88. The lowest BCUT2D eigenvalue weighted by molar-refractivity contribution is 0.382. The van der Waals surface area contributed by atoms with E-state index in [1.807, 2.05) is 12.1 Å². The molecule has 1 rings (SSSR count). The number of nitrogens with zero attached hydrogens (tertiary/aromatic N) is 1. The van der Waals surface area contributed by atoms with Crippen molar-refractivity contribution in [1.29, 1.82) is 0 Å². The highest BCUT2D eigenvalue weighted by Gasteiger charge is 2.25. The van der Waals surface area contributed by atoms with Gasteiger partial charge in [-0.05, 0) is 25.0 Å². The van der Waals surface area contributed by atoms with Crippen LogP contribution in [0.5, 0.6) is 0 Å². The third-order valence-electron chi connectivity index (χ3n) is 2.81. The van der Waals surface area contributed by atoms with Crippen LogP contribution in [0.3, 0.4) is 0 Å². The molecule has 0 saturated heterocycles. The first kappa shape index (κ1) is 11.0. The highest BCUT2D eigenvalue weighted by molar-refractivity contribution is 5.43. The van der Waals surface area contributed by atoms with E-state index >= 15 is 0 Å². The topological polar surface area (TPSA) is 50.9 Å². The largest absolute Gasteiger partial charge is 0.378 e. The summed E-state index contributed by atoms with van der Waals surface area (Å²) in [5, 5.41) is 3.44. The molecule has 3 N–H and O–H groups in total. The first-order valence-electron chi connectivity index (χ1n) is 4.97. The molecule has 1 unspecified atom stereocenters. The highest BCUT2D eigenvalue weighted by atomic mass is 15.0. The number of hydrogen-bond donors (Lipinski definition) is 2. The van der Waals surface area contributed by atoms with Gasteiger partial charge >= 0.3 is 0 Å². The molecule has 0 bridgehead atoms. The van der Waals surface area contributed by atoms with E-state index in [0.29, 0.717) is 12.5 Å². The summed E-state index contributed by atoms with van der Waals surface area (Å²) in [7, 11) is 0. The van der Waals surface area contributed by atoms with Gasteiger partial charge in [-0.15, -0.1) is 0 Å². The van der Waals surface area contributed by atoms with E-state index < -0.39 is 0 Å². The monoisotopic (exact) mass is 193 g/mol. The molecule has 3 heteroatoms. The van der Waals surface area contributed by atoms with Crippen molar-refractivity contribution >= 4 is 5.69 Å². The summed E-state index contributed by atoms with van der Waals surface area (Å²) in [6.45, 7) is 7.09. The summed E-state index contributed by atoms with van der Waals surface area (Å²) >= 11 is 0. The van der Waals surface area contributed by atoms with Gasteiger partial charge in [-0.25, -0.2) is 0 Å².